The van der Waals surface area contributed by atoms with Crippen LogP contribution in [-0.4, -0.2) is 26.7 Å². The van der Waals surface area contributed by atoms with Crippen molar-refractivity contribution in [2.75, 3.05) is 12.4 Å². The Bertz CT molecular complexity index is 1300. The number of hydrogen-bond donors (Lipinski definition) is 1. The zero-order valence-corrected chi connectivity index (χ0v) is 16.3. The summed E-state index contributed by atoms with van der Waals surface area (Å²) < 4.78 is 8.37. The van der Waals surface area contributed by atoms with Gasteiger partial charge in [0.15, 0.2) is 0 Å². The summed E-state index contributed by atoms with van der Waals surface area (Å²) in [6.45, 7) is 0. The number of aromatic nitrogens is 3. The Balaban J connectivity index is 2.30. The number of pyridine rings is 1. The van der Waals surface area contributed by atoms with Crippen molar-refractivity contribution in [3.8, 4) is 5.75 Å². The number of benzene rings is 1. The number of ether oxygens (including phenoxy) is 1. The second-order valence-electron chi connectivity index (χ2n) is 6.16. The summed E-state index contributed by atoms with van der Waals surface area (Å²) in [5.41, 5.74) is -1.67. The molecular formula is C18H17ClN4O5. The number of amides is 1. The van der Waals surface area contributed by atoms with Gasteiger partial charge in [-0.25, -0.2) is 4.79 Å². The SMILES string of the molecule is COc1ccc(Cl)cc1NC(=O)c1cc(=O)n(C)c2c1c(=O)n(C)c(=O)n2C. The minimum Gasteiger partial charge on any atom is -0.495 e. The number of nitrogens with zero attached hydrogens (tertiary/aromatic N) is 3. The monoisotopic (exact) mass is 404 g/mol. The molecule has 146 valence electrons. The van der Waals surface area contributed by atoms with E-state index in [9.17, 15) is 19.2 Å². The van der Waals surface area contributed by atoms with Crippen molar-refractivity contribution < 1.29 is 9.53 Å². The third-order valence-corrected chi connectivity index (χ3v) is 4.71. The van der Waals surface area contributed by atoms with Gasteiger partial charge in [0.2, 0.25) is 0 Å². The average Bonchev–Trinajstić information content (AvgIpc) is 2.66. The van der Waals surface area contributed by atoms with Crippen molar-refractivity contribution in [3.05, 3.63) is 66.0 Å². The van der Waals surface area contributed by atoms with E-state index in [1.54, 1.807) is 12.1 Å². The number of anilines is 1. The number of halogens is 1. The third-order valence-electron chi connectivity index (χ3n) is 4.47. The number of fused-ring (bicyclic) bond motifs is 1. The lowest BCUT2D eigenvalue weighted by molar-refractivity contribution is 0.102. The molecule has 28 heavy (non-hydrogen) atoms. The highest BCUT2D eigenvalue weighted by Gasteiger charge is 2.21. The quantitative estimate of drug-likeness (QED) is 0.697. The molecule has 0 aliphatic heterocycles. The van der Waals surface area contributed by atoms with Crippen molar-refractivity contribution >= 4 is 34.2 Å². The Kier molecular flexibility index (Phi) is 4.86. The lowest BCUT2D eigenvalue weighted by Crippen LogP contribution is -2.40. The fourth-order valence-electron chi connectivity index (χ4n) is 3.01. The van der Waals surface area contributed by atoms with Crippen LogP contribution in [0.25, 0.3) is 11.0 Å². The fraction of sp³-hybridized carbons (Fsp3) is 0.222. The predicted octanol–water partition coefficient (Wildman–Crippen LogP) is 0.850. The van der Waals surface area contributed by atoms with E-state index < -0.39 is 22.7 Å². The molecule has 0 fully saturated rings. The van der Waals surface area contributed by atoms with E-state index in [-0.39, 0.29) is 22.3 Å². The first kappa shape index (κ1) is 19.4. The summed E-state index contributed by atoms with van der Waals surface area (Å²) in [4.78, 5) is 50.3. The van der Waals surface area contributed by atoms with E-state index in [2.05, 4.69) is 5.32 Å². The second kappa shape index (κ2) is 7.01. The van der Waals surface area contributed by atoms with Gasteiger partial charge in [0, 0.05) is 32.2 Å². The van der Waals surface area contributed by atoms with Crippen LogP contribution in [0.5, 0.6) is 5.75 Å². The number of carbonyl (C=O) groups excluding carboxylic acids is 1. The molecule has 0 aliphatic carbocycles. The zero-order valence-electron chi connectivity index (χ0n) is 15.6. The zero-order chi connectivity index (χ0) is 20.7. The van der Waals surface area contributed by atoms with Gasteiger partial charge in [0.05, 0.1) is 23.7 Å². The number of methoxy groups -OCH3 is 1. The first-order valence-electron chi connectivity index (χ1n) is 8.12. The Labute approximate surface area is 163 Å². The molecule has 0 bridgehead atoms. The van der Waals surface area contributed by atoms with Crippen molar-refractivity contribution in [1.29, 1.82) is 0 Å². The molecule has 1 N–H and O–H groups in total. The highest BCUT2D eigenvalue weighted by atomic mass is 35.5. The Morgan fingerprint density at radius 3 is 2.36 bits per heavy atom. The topological polar surface area (TPSA) is 104 Å². The van der Waals surface area contributed by atoms with Gasteiger partial charge in [-0.3, -0.25) is 28.1 Å². The minimum atomic E-state index is -0.709. The molecule has 3 rings (SSSR count). The first-order chi connectivity index (χ1) is 13.2. The molecule has 0 aliphatic rings. The molecule has 0 radical (unpaired) electrons. The fourth-order valence-corrected chi connectivity index (χ4v) is 3.18. The second-order valence-corrected chi connectivity index (χ2v) is 6.59. The Morgan fingerprint density at radius 1 is 1.04 bits per heavy atom. The summed E-state index contributed by atoms with van der Waals surface area (Å²) in [5.74, 6) is -0.356. The first-order valence-corrected chi connectivity index (χ1v) is 8.49. The van der Waals surface area contributed by atoms with E-state index in [1.807, 2.05) is 0 Å². The van der Waals surface area contributed by atoms with Crippen LogP contribution >= 0.6 is 11.6 Å². The molecule has 10 heteroatoms. The summed E-state index contributed by atoms with van der Waals surface area (Å²) in [6, 6.07) is 5.70. The molecule has 0 unspecified atom stereocenters. The van der Waals surface area contributed by atoms with Crippen molar-refractivity contribution in [2.24, 2.45) is 21.1 Å². The summed E-state index contributed by atoms with van der Waals surface area (Å²) in [5, 5.41) is 2.92. The number of aryl methyl sites for hydroxylation is 2. The largest absolute Gasteiger partial charge is 0.495 e. The van der Waals surface area contributed by atoms with E-state index in [1.165, 1.54) is 34.3 Å². The molecule has 1 amide bonds. The number of carbonyl (C=O) groups is 1. The molecule has 0 saturated heterocycles. The summed E-state index contributed by atoms with van der Waals surface area (Å²) in [7, 11) is 5.57. The predicted molar refractivity (Wildman–Crippen MR) is 106 cm³/mol. The molecule has 1 aromatic carbocycles. The maximum absolute atomic E-state index is 12.9. The molecule has 2 heterocycles. The van der Waals surface area contributed by atoms with Crippen LogP contribution in [-0.2, 0) is 21.1 Å². The van der Waals surface area contributed by atoms with E-state index >= 15 is 0 Å². The summed E-state index contributed by atoms with van der Waals surface area (Å²) >= 11 is 5.98. The molecule has 0 spiro atoms. The normalized spacial score (nSPS) is 10.9. The van der Waals surface area contributed by atoms with Crippen LogP contribution in [0.1, 0.15) is 10.4 Å². The molecule has 3 aromatic rings. The smallest absolute Gasteiger partial charge is 0.332 e. The van der Waals surface area contributed by atoms with Gasteiger partial charge >= 0.3 is 5.69 Å². The lowest BCUT2D eigenvalue weighted by Gasteiger charge is -2.15. The Morgan fingerprint density at radius 2 is 1.71 bits per heavy atom. The minimum absolute atomic E-state index is 0.0452. The van der Waals surface area contributed by atoms with Crippen LogP contribution < -0.4 is 26.9 Å². The van der Waals surface area contributed by atoms with E-state index in [0.717, 1.165) is 19.8 Å². The van der Waals surface area contributed by atoms with E-state index in [4.69, 9.17) is 16.3 Å². The molecular weight excluding hydrogens is 388 g/mol. The Hall–Kier alpha value is -3.33. The van der Waals surface area contributed by atoms with Gasteiger partial charge in [-0.15, -0.1) is 0 Å². The van der Waals surface area contributed by atoms with Crippen LogP contribution in [0.4, 0.5) is 5.69 Å². The molecule has 2 aromatic heterocycles. The van der Waals surface area contributed by atoms with Crippen LogP contribution in [0.15, 0.2) is 38.6 Å². The maximum Gasteiger partial charge on any atom is 0.332 e. The highest BCUT2D eigenvalue weighted by Crippen LogP contribution is 2.28. The van der Waals surface area contributed by atoms with Crippen molar-refractivity contribution in [3.63, 3.8) is 0 Å². The van der Waals surface area contributed by atoms with Gasteiger partial charge < -0.3 is 10.1 Å². The molecule has 9 nitrogen and oxygen atoms in total. The van der Waals surface area contributed by atoms with Crippen LogP contribution in [0.2, 0.25) is 5.02 Å². The number of hydrogen-bond acceptors (Lipinski definition) is 5. The van der Waals surface area contributed by atoms with Crippen molar-refractivity contribution in [1.82, 2.24) is 13.7 Å². The van der Waals surface area contributed by atoms with Gasteiger partial charge in [-0.1, -0.05) is 11.6 Å². The molecule has 0 saturated carbocycles. The van der Waals surface area contributed by atoms with E-state index in [0.29, 0.717) is 10.8 Å². The standard InChI is InChI=1S/C18H17ClN4O5/c1-21-13(24)8-10(14-16(21)22(2)18(27)23(3)17(14)26)15(25)20-11-7-9(19)5-6-12(11)28-4/h5-8H,1-4H3,(H,20,25). The van der Waals surface area contributed by atoms with Crippen LogP contribution in [0.3, 0.4) is 0 Å². The third kappa shape index (κ3) is 2.99. The lowest BCUT2D eigenvalue weighted by atomic mass is 10.1. The molecule has 0 atom stereocenters. The van der Waals surface area contributed by atoms with Gasteiger partial charge in [-0.05, 0) is 18.2 Å². The van der Waals surface area contributed by atoms with Crippen LogP contribution in [0, 0.1) is 0 Å². The van der Waals surface area contributed by atoms with Gasteiger partial charge in [0.1, 0.15) is 11.4 Å². The summed E-state index contributed by atoms with van der Waals surface area (Å²) in [6.07, 6.45) is 0. The van der Waals surface area contributed by atoms with Gasteiger partial charge in [-0.2, -0.15) is 0 Å². The highest BCUT2D eigenvalue weighted by molar-refractivity contribution is 6.31. The maximum atomic E-state index is 12.9. The van der Waals surface area contributed by atoms with Gasteiger partial charge in [0.25, 0.3) is 17.0 Å². The average molecular weight is 405 g/mol. The number of rotatable bonds is 3. The number of nitrogens with one attached hydrogen (secondary N) is 1. The van der Waals surface area contributed by atoms with Crippen molar-refractivity contribution in [2.45, 2.75) is 0 Å².